The van der Waals surface area contributed by atoms with E-state index in [4.69, 9.17) is 10.00 Å². The number of rotatable bonds is 3. The second kappa shape index (κ2) is 5.40. The molecule has 0 unspecified atom stereocenters. The number of nitrogens with zero attached hydrogens (tertiary/aromatic N) is 1. The Bertz CT molecular complexity index is 647. The molecule has 0 bridgehead atoms. The molecule has 0 radical (unpaired) electrons. The summed E-state index contributed by atoms with van der Waals surface area (Å²) in [6.07, 6.45) is 0. The van der Waals surface area contributed by atoms with Crippen molar-refractivity contribution < 1.29 is 9.13 Å². The molecule has 0 atom stereocenters. The Hall–Kier alpha value is -2.54. The van der Waals surface area contributed by atoms with Crippen molar-refractivity contribution in [2.24, 2.45) is 0 Å². The molecule has 2 aromatic carbocycles. The maximum Gasteiger partial charge on any atom is 0.167 e. The van der Waals surface area contributed by atoms with Crippen LogP contribution in [0.4, 0.5) is 15.8 Å². The standard InChI is InChI=1S/C15H13FN2O/c1-10-7-11(9-17)3-5-14(10)18-12-4-6-15(19-2)13(16)8-12/h3-8,18H,1-2H3. The van der Waals surface area contributed by atoms with Crippen molar-refractivity contribution in [3.05, 3.63) is 53.3 Å². The minimum atomic E-state index is -0.418. The van der Waals surface area contributed by atoms with Gasteiger partial charge in [-0.15, -0.1) is 0 Å². The molecule has 3 nitrogen and oxygen atoms in total. The van der Waals surface area contributed by atoms with Crippen LogP contribution in [0.15, 0.2) is 36.4 Å². The molecular weight excluding hydrogens is 243 g/mol. The zero-order chi connectivity index (χ0) is 13.8. The monoisotopic (exact) mass is 256 g/mol. The molecule has 0 amide bonds. The predicted molar refractivity (Wildman–Crippen MR) is 72.1 cm³/mol. The SMILES string of the molecule is COc1ccc(Nc2ccc(C#N)cc2C)cc1F. The van der Waals surface area contributed by atoms with Gasteiger partial charge in [0.15, 0.2) is 11.6 Å². The lowest BCUT2D eigenvalue weighted by atomic mass is 10.1. The Morgan fingerprint density at radius 2 is 2.00 bits per heavy atom. The van der Waals surface area contributed by atoms with E-state index in [-0.39, 0.29) is 5.75 Å². The van der Waals surface area contributed by atoms with Gasteiger partial charge in [0.25, 0.3) is 0 Å². The average molecular weight is 256 g/mol. The predicted octanol–water partition coefficient (Wildman–Crippen LogP) is 3.76. The third kappa shape index (κ3) is 2.83. The average Bonchev–Trinajstić information content (AvgIpc) is 2.41. The van der Waals surface area contributed by atoms with Gasteiger partial charge in [-0.1, -0.05) is 0 Å². The second-order valence-corrected chi connectivity index (χ2v) is 4.12. The van der Waals surface area contributed by atoms with E-state index in [9.17, 15) is 4.39 Å². The van der Waals surface area contributed by atoms with Crippen molar-refractivity contribution in [2.45, 2.75) is 6.92 Å². The Morgan fingerprint density at radius 3 is 2.58 bits per heavy atom. The molecule has 2 rings (SSSR count). The lowest BCUT2D eigenvalue weighted by Gasteiger charge is -2.11. The first-order valence-electron chi connectivity index (χ1n) is 5.75. The largest absolute Gasteiger partial charge is 0.494 e. The van der Waals surface area contributed by atoms with Gasteiger partial charge in [-0.3, -0.25) is 0 Å². The van der Waals surface area contributed by atoms with Crippen LogP contribution in [0.1, 0.15) is 11.1 Å². The van der Waals surface area contributed by atoms with Crippen molar-refractivity contribution in [1.82, 2.24) is 0 Å². The van der Waals surface area contributed by atoms with Gasteiger partial charge in [0.2, 0.25) is 0 Å². The molecular formula is C15H13FN2O. The number of halogens is 1. The molecule has 0 aliphatic rings. The second-order valence-electron chi connectivity index (χ2n) is 4.12. The summed E-state index contributed by atoms with van der Waals surface area (Å²) in [5.74, 6) is -0.208. The molecule has 4 heteroatoms. The van der Waals surface area contributed by atoms with Crippen molar-refractivity contribution in [3.63, 3.8) is 0 Å². The molecule has 0 aromatic heterocycles. The van der Waals surface area contributed by atoms with Gasteiger partial charge in [-0.05, 0) is 42.8 Å². The van der Waals surface area contributed by atoms with Crippen LogP contribution in [0.3, 0.4) is 0 Å². The van der Waals surface area contributed by atoms with E-state index in [1.54, 1.807) is 30.3 Å². The van der Waals surface area contributed by atoms with Gasteiger partial charge >= 0.3 is 0 Å². The minimum absolute atomic E-state index is 0.210. The van der Waals surface area contributed by atoms with E-state index >= 15 is 0 Å². The first kappa shape index (κ1) is 12.9. The van der Waals surface area contributed by atoms with Crippen LogP contribution in [0.25, 0.3) is 0 Å². The molecule has 0 aliphatic carbocycles. The molecule has 0 heterocycles. The highest BCUT2D eigenvalue weighted by Crippen LogP contribution is 2.25. The summed E-state index contributed by atoms with van der Waals surface area (Å²) in [7, 11) is 1.43. The van der Waals surface area contributed by atoms with Crippen molar-refractivity contribution in [2.75, 3.05) is 12.4 Å². The van der Waals surface area contributed by atoms with Crippen LogP contribution in [-0.2, 0) is 0 Å². The summed E-state index contributed by atoms with van der Waals surface area (Å²) < 4.78 is 18.4. The quantitative estimate of drug-likeness (QED) is 0.909. The Balaban J connectivity index is 2.26. The number of methoxy groups -OCH3 is 1. The maximum absolute atomic E-state index is 13.6. The summed E-state index contributed by atoms with van der Waals surface area (Å²) in [5.41, 5.74) is 2.99. The first-order chi connectivity index (χ1) is 9.13. The molecule has 19 heavy (non-hydrogen) atoms. The third-order valence-electron chi connectivity index (χ3n) is 2.79. The number of hydrogen-bond acceptors (Lipinski definition) is 3. The van der Waals surface area contributed by atoms with E-state index in [1.165, 1.54) is 13.2 Å². The van der Waals surface area contributed by atoms with E-state index in [0.717, 1.165) is 11.3 Å². The van der Waals surface area contributed by atoms with Crippen molar-refractivity contribution in [3.8, 4) is 11.8 Å². The highest BCUT2D eigenvalue weighted by atomic mass is 19.1. The zero-order valence-electron chi connectivity index (χ0n) is 10.7. The Morgan fingerprint density at radius 1 is 1.21 bits per heavy atom. The van der Waals surface area contributed by atoms with E-state index in [0.29, 0.717) is 11.3 Å². The van der Waals surface area contributed by atoms with Gasteiger partial charge in [0.1, 0.15) is 0 Å². The minimum Gasteiger partial charge on any atom is -0.494 e. The van der Waals surface area contributed by atoms with Gasteiger partial charge in [-0.25, -0.2) is 4.39 Å². The molecule has 1 N–H and O–H groups in total. The van der Waals surface area contributed by atoms with E-state index in [1.807, 2.05) is 6.92 Å². The van der Waals surface area contributed by atoms with Crippen LogP contribution in [0.5, 0.6) is 5.75 Å². The zero-order valence-corrected chi connectivity index (χ0v) is 10.7. The number of ether oxygens (including phenoxy) is 1. The molecule has 0 saturated carbocycles. The fourth-order valence-corrected chi connectivity index (χ4v) is 1.77. The molecule has 0 spiro atoms. The number of anilines is 2. The fraction of sp³-hybridized carbons (Fsp3) is 0.133. The third-order valence-corrected chi connectivity index (χ3v) is 2.79. The van der Waals surface area contributed by atoms with Gasteiger partial charge in [0, 0.05) is 17.4 Å². The van der Waals surface area contributed by atoms with Crippen molar-refractivity contribution in [1.29, 1.82) is 5.26 Å². The molecule has 0 fully saturated rings. The summed E-state index contributed by atoms with van der Waals surface area (Å²) in [4.78, 5) is 0. The molecule has 2 aromatic rings. The van der Waals surface area contributed by atoms with Crippen LogP contribution in [0, 0.1) is 24.1 Å². The maximum atomic E-state index is 13.6. The summed E-state index contributed by atoms with van der Waals surface area (Å²) in [6.45, 7) is 1.89. The van der Waals surface area contributed by atoms with Crippen LogP contribution < -0.4 is 10.1 Å². The lowest BCUT2D eigenvalue weighted by Crippen LogP contribution is -1.95. The lowest BCUT2D eigenvalue weighted by molar-refractivity contribution is 0.386. The van der Waals surface area contributed by atoms with Crippen LogP contribution >= 0.6 is 0 Å². The summed E-state index contributed by atoms with van der Waals surface area (Å²) >= 11 is 0. The number of aryl methyl sites for hydroxylation is 1. The van der Waals surface area contributed by atoms with Gasteiger partial charge in [0.05, 0.1) is 18.7 Å². The van der Waals surface area contributed by atoms with Gasteiger partial charge < -0.3 is 10.1 Å². The first-order valence-corrected chi connectivity index (χ1v) is 5.75. The Kier molecular flexibility index (Phi) is 3.67. The van der Waals surface area contributed by atoms with Crippen LogP contribution in [0.2, 0.25) is 0 Å². The molecule has 0 aliphatic heterocycles. The molecule has 0 saturated heterocycles. The Labute approximate surface area is 111 Å². The normalized spacial score (nSPS) is 9.79. The van der Waals surface area contributed by atoms with Crippen molar-refractivity contribution >= 4 is 11.4 Å². The fourth-order valence-electron chi connectivity index (χ4n) is 1.77. The van der Waals surface area contributed by atoms with Gasteiger partial charge in [-0.2, -0.15) is 5.26 Å². The van der Waals surface area contributed by atoms with Crippen LogP contribution in [-0.4, -0.2) is 7.11 Å². The molecule has 96 valence electrons. The van der Waals surface area contributed by atoms with E-state index < -0.39 is 5.82 Å². The van der Waals surface area contributed by atoms with E-state index in [2.05, 4.69) is 11.4 Å². The highest BCUT2D eigenvalue weighted by molar-refractivity contribution is 5.64. The number of nitrogens with one attached hydrogen (secondary N) is 1. The number of hydrogen-bond donors (Lipinski definition) is 1. The highest BCUT2D eigenvalue weighted by Gasteiger charge is 2.05. The number of nitriles is 1. The topological polar surface area (TPSA) is 45.0 Å². The smallest absolute Gasteiger partial charge is 0.167 e. The number of benzene rings is 2. The summed E-state index contributed by atoms with van der Waals surface area (Å²) in [5, 5.41) is 11.9. The summed E-state index contributed by atoms with van der Waals surface area (Å²) in [6, 6.07) is 12.1.